The zero-order valence-electron chi connectivity index (χ0n) is 39.3. The van der Waals surface area contributed by atoms with Gasteiger partial charge < -0.3 is 8.98 Å². The number of para-hydroxylation sites is 2. The van der Waals surface area contributed by atoms with Crippen LogP contribution in [0.4, 0.5) is 0 Å². The van der Waals surface area contributed by atoms with Gasteiger partial charge in [0.15, 0.2) is 5.58 Å². The molecule has 0 unspecified atom stereocenters. The summed E-state index contributed by atoms with van der Waals surface area (Å²) in [5.74, 6) is 1.90. The number of fused-ring (bicyclic) bond motifs is 12. The molecule has 0 radical (unpaired) electrons. The van der Waals surface area contributed by atoms with Gasteiger partial charge in [0.1, 0.15) is 28.3 Å². The molecule has 322 valence electrons. The zero-order valence-corrected chi connectivity index (χ0v) is 39.3. The number of benzene rings is 8. The van der Waals surface area contributed by atoms with E-state index in [9.17, 15) is 0 Å². The minimum Gasteiger partial charge on any atom is -0.454 e. The molecule has 0 aliphatic carbocycles. The Morgan fingerprint density at radius 1 is 0.478 bits per heavy atom. The van der Waals surface area contributed by atoms with Crippen molar-refractivity contribution in [2.45, 2.75) is 67.7 Å². The molecular formula is C60H48BN5O. The van der Waals surface area contributed by atoms with E-state index >= 15 is 0 Å². The fraction of sp³-hybridized carbons (Fsp3) is 0.167. The van der Waals surface area contributed by atoms with Crippen LogP contribution in [0.2, 0.25) is 0 Å². The minimum absolute atomic E-state index is 0.0346. The predicted molar refractivity (Wildman–Crippen MR) is 280 cm³/mol. The van der Waals surface area contributed by atoms with Crippen LogP contribution in [0.1, 0.15) is 59.7 Å². The van der Waals surface area contributed by atoms with Crippen LogP contribution in [0.25, 0.3) is 106 Å². The third-order valence-electron chi connectivity index (χ3n) is 15.4. The van der Waals surface area contributed by atoms with E-state index in [1.165, 1.54) is 82.9 Å². The van der Waals surface area contributed by atoms with E-state index in [0.717, 1.165) is 78.1 Å². The van der Waals surface area contributed by atoms with Crippen molar-refractivity contribution in [1.29, 1.82) is 0 Å². The van der Waals surface area contributed by atoms with E-state index in [4.69, 9.17) is 14.4 Å². The van der Waals surface area contributed by atoms with Crippen molar-refractivity contribution in [1.82, 2.24) is 23.7 Å². The molecular weight excluding hydrogens is 818 g/mol. The Morgan fingerprint density at radius 3 is 1.63 bits per heavy atom. The molecule has 0 spiro atoms. The Kier molecular flexibility index (Phi) is 7.52. The van der Waals surface area contributed by atoms with Gasteiger partial charge in [-0.25, -0.2) is 9.97 Å². The van der Waals surface area contributed by atoms with Crippen LogP contribution in [0.5, 0.6) is 0 Å². The first-order valence-electron chi connectivity index (χ1n) is 23.6. The number of rotatable bonds is 3. The first-order chi connectivity index (χ1) is 32.4. The van der Waals surface area contributed by atoms with Gasteiger partial charge in [-0.15, -0.1) is 0 Å². The lowest BCUT2D eigenvalue weighted by atomic mass is 9.34. The molecule has 0 saturated heterocycles. The van der Waals surface area contributed by atoms with Gasteiger partial charge in [-0.3, -0.25) is 9.13 Å². The van der Waals surface area contributed by atoms with Gasteiger partial charge in [0.05, 0.1) is 27.8 Å². The lowest BCUT2D eigenvalue weighted by Crippen LogP contribution is -2.59. The standard InChI is InChI=1S/C60H48BN5O/c1-31-16-12-17-32(2)48(31)58-62-51-54-40(38-22-10-11-23-44(38)64(54)53-35(5)20-14-21-36(53)6)29-42-55(51)65(58)45-24-15-25-46-50(45)61(42)43-30-41-39-28-37(60(7,8)9)26-27-47(39)67-57(41)52-56(43)66(46)59(63-52)49-33(3)18-13-19-34(49)4/h10-30H,1-9H3. The summed E-state index contributed by atoms with van der Waals surface area (Å²) in [6.07, 6.45) is 0. The van der Waals surface area contributed by atoms with Crippen molar-refractivity contribution in [3.63, 3.8) is 0 Å². The summed E-state index contributed by atoms with van der Waals surface area (Å²) in [4.78, 5) is 11.7. The maximum Gasteiger partial charge on any atom is 0.252 e. The van der Waals surface area contributed by atoms with E-state index < -0.39 is 0 Å². The highest BCUT2D eigenvalue weighted by atomic mass is 16.3. The largest absolute Gasteiger partial charge is 0.454 e. The first-order valence-corrected chi connectivity index (χ1v) is 23.6. The van der Waals surface area contributed by atoms with E-state index in [2.05, 4.69) is 203 Å². The van der Waals surface area contributed by atoms with Crippen LogP contribution in [-0.2, 0) is 5.41 Å². The molecule has 7 heteroatoms. The molecule has 67 heavy (non-hydrogen) atoms. The summed E-state index contributed by atoms with van der Waals surface area (Å²) in [5.41, 5.74) is 26.2. The molecule has 0 N–H and O–H groups in total. The van der Waals surface area contributed by atoms with Crippen LogP contribution in [0, 0.1) is 41.5 Å². The number of furan rings is 1. The average molecular weight is 866 g/mol. The summed E-state index contributed by atoms with van der Waals surface area (Å²) >= 11 is 0. The number of aromatic nitrogens is 5. The maximum absolute atomic E-state index is 6.98. The lowest BCUT2D eigenvalue weighted by Gasteiger charge is -2.33. The van der Waals surface area contributed by atoms with Crippen LogP contribution < -0.4 is 16.4 Å². The molecule has 2 aliphatic rings. The monoisotopic (exact) mass is 865 g/mol. The van der Waals surface area contributed by atoms with Crippen molar-refractivity contribution in [3.05, 3.63) is 166 Å². The van der Waals surface area contributed by atoms with Crippen LogP contribution in [-0.4, -0.2) is 30.4 Å². The molecule has 14 rings (SSSR count). The average Bonchev–Trinajstić information content (AvgIpc) is 4.06. The van der Waals surface area contributed by atoms with E-state index in [1.807, 2.05) is 0 Å². The van der Waals surface area contributed by atoms with Crippen molar-refractivity contribution < 1.29 is 4.42 Å². The van der Waals surface area contributed by atoms with Gasteiger partial charge in [-0.2, -0.15) is 0 Å². The SMILES string of the molecule is Cc1cccc(C)c1-c1nc2c3oc4ccc(C(C)(C)C)cc4c3cc3c2n1-c1cccc2c1B3c1cc3c4ccccc4n(-c4c(C)cccc4C)c3c3nc(-c4c(C)cccc4C)n-2c13. The second-order valence-electron chi connectivity index (χ2n) is 20.5. The second-order valence-corrected chi connectivity index (χ2v) is 20.5. The van der Waals surface area contributed by atoms with E-state index in [0.29, 0.717) is 0 Å². The van der Waals surface area contributed by atoms with Gasteiger partial charge in [-0.05, 0) is 133 Å². The highest BCUT2D eigenvalue weighted by Crippen LogP contribution is 2.45. The summed E-state index contributed by atoms with van der Waals surface area (Å²) in [5, 5.41) is 4.64. The lowest BCUT2D eigenvalue weighted by molar-refractivity contribution is 0.590. The van der Waals surface area contributed by atoms with Gasteiger partial charge in [-0.1, -0.05) is 118 Å². The molecule has 8 aromatic carbocycles. The van der Waals surface area contributed by atoms with Crippen molar-refractivity contribution in [3.8, 4) is 39.8 Å². The summed E-state index contributed by atoms with van der Waals surface area (Å²) in [6, 6.07) is 47.4. The third-order valence-corrected chi connectivity index (χ3v) is 15.4. The first kappa shape index (κ1) is 38.6. The fourth-order valence-electron chi connectivity index (χ4n) is 12.4. The maximum atomic E-state index is 6.98. The fourth-order valence-corrected chi connectivity index (χ4v) is 12.4. The molecule has 4 aromatic heterocycles. The molecule has 0 amide bonds. The summed E-state index contributed by atoms with van der Waals surface area (Å²) in [6.45, 7) is 20.1. The predicted octanol–water partition coefficient (Wildman–Crippen LogP) is 13.0. The highest BCUT2D eigenvalue weighted by molar-refractivity contribution is 7.00. The molecule has 0 bridgehead atoms. The van der Waals surface area contributed by atoms with Crippen LogP contribution in [0.3, 0.4) is 0 Å². The third kappa shape index (κ3) is 4.91. The van der Waals surface area contributed by atoms with Crippen molar-refractivity contribution in [2.24, 2.45) is 0 Å². The van der Waals surface area contributed by atoms with Gasteiger partial charge in [0.2, 0.25) is 0 Å². The molecule has 6 heterocycles. The highest BCUT2D eigenvalue weighted by Gasteiger charge is 2.44. The molecule has 12 aromatic rings. The number of hydrogen-bond donors (Lipinski definition) is 0. The normalized spacial score (nSPS) is 13.1. The second kappa shape index (κ2) is 13.0. The Labute approximate surface area is 389 Å². The smallest absolute Gasteiger partial charge is 0.252 e. The van der Waals surface area contributed by atoms with Gasteiger partial charge >= 0.3 is 0 Å². The minimum atomic E-state index is -0.131. The Morgan fingerprint density at radius 2 is 1.01 bits per heavy atom. The van der Waals surface area contributed by atoms with E-state index in [-0.39, 0.29) is 12.1 Å². The summed E-state index contributed by atoms with van der Waals surface area (Å²) in [7, 11) is 0. The van der Waals surface area contributed by atoms with Crippen molar-refractivity contribution >= 4 is 88.9 Å². The molecule has 2 aliphatic heterocycles. The molecule has 0 fully saturated rings. The summed E-state index contributed by atoms with van der Waals surface area (Å²) < 4.78 is 14.5. The van der Waals surface area contributed by atoms with Crippen LogP contribution in [0.15, 0.2) is 132 Å². The van der Waals surface area contributed by atoms with Gasteiger partial charge in [0.25, 0.3) is 6.71 Å². The van der Waals surface area contributed by atoms with Crippen LogP contribution >= 0.6 is 0 Å². The topological polar surface area (TPSA) is 53.7 Å². The Hall–Kier alpha value is -7.64. The quantitative estimate of drug-likeness (QED) is 0.166. The van der Waals surface area contributed by atoms with E-state index in [1.54, 1.807) is 0 Å². The Balaban J connectivity index is 1.22. The number of aryl methyl sites for hydroxylation is 6. The number of imidazole rings is 2. The molecule has 0 atom stereocenters. The molecule has 0 saturated carbocycles. The van der Waals surface area contributed by atoms with Gasteiger partial charge in [0, 0.05) is 44.0 Å². The Bertz CT molecular complexity index is 4160. The zero-order chi connectivity index (χ0) is 45.5. The number of hydrogen-bond acceptors (Lipinski definition) is 3. The molecule has 6 nitrogen and oxygen atoms in total. The van der Waals surface area contributed by atoms with Crippen molar-refractivity contribution in [2.75, 3.05) is 0 Å². The number of nitrogens with zero attached hydrogens (tertiary/aromatic N) is 5.